The summed E-state index contributed by atoms with van der Waals surface area (Å²) < 4.78 is 0. The summed E-state index contributed by atoms with van der Waals surface area (Å²) >= 11 is 0. The molecule has 0 aromatic heterocycles. The fraction of sp³-hybridized carbons (Fsp3) is 0.625. The Morgan fingerprint density at radius 1 is 1.11 bits per heavy atom. The third-order valence-corrected chi connectivity index (χ3v) is 4.74. The van der Waals surface area contributed by atoms with Crippen LogP contribution >= 0.6 is 0 Å². The van der Waals surface area contributed by atoms with Crippen LogP contribution in [0.2, 0.25) is 0 Å². The van der Waals surface area contributed by atoms with Crippen LogP contribution in [0.25, 0.3) is 0 Å². The number of fused-ring (bicyclic) bond motifs is 2. The van der Waals surface area contributed by atoms with E-state index in [1.807, 2.05) is 0 Å². The van der Waals surface area contributed by atoms with Crippen molar-refractivity contribution >= 4 is 5.69 Å². The molecule has 3 heteroatoms. The number of rotatable bonds is 3. The van der Waals surface area contributed by atoms with E-state index in [0.717, 1.165) is 18.6 Å². The molecule has 1 aromatic rings. The van der Waals surface area contributed by atoms with Gasteiger partial charge in [-0.3, -0.25) is 4.90 Å². The molecule has 2 bridgehead atoms. The van der Waals surface area contributed by atoms with Crippen LogP contribution in [0, 0.1) is 0 Å². The molecule has 0 spiro atoms. The number of benzene rings is 1. The summed E-state index contributed by atoms with van der Waals surface area (Å²) in [7, 11) is 4.17. The van der Waals surface area contributed by atoms with Crippen molar-refractivity contribution in [2.75, 3.05) is 19.0 Å². The van der Waals surface area contributed by atoms with Crippen LogP contribution in [0.15, 0.2) is 24.3 Å². The Balaban J connectivity index is 1.68. The Morgan fingerprint density at radius 3 is 2.21 bits per heavy atom. The van der Waals surface area contributed by atoms with E-state index in [9.17, 15) is 0 Å². The highest BCUT2D eigenvalue weighted by Gasteiger charge is 2.39. The molecule has 19 heavy (non-hydrogen) atoms. The lowest BCUT2D eigenvalue weighted by atomic mass is 9.97. The van der Waals surface area contributed by atoms with Crippen LogP contribution in [0.1, 0.15) is 31.2 Å². The molecule has 2 aliphatic rings. The first kappa shape index (κ1) is 12.9. The molecule has 104 valence electrons. The van der Waals surface area contributed by atoms with Gasteiger partial charge in [-0.05, 0) is 43.4 Å². The van der Waals surface area contributed by atoms with Gasteiger partial charge in [0.05, 0.1) is 0 Å². The predicted octanol–water partition coefficient (Wildman–Crippen LogP) is 2.21. The maximum atomic E-state index is 6.13. The van der Waals surface area contributed by atoms with Gasteiger partial charge in [-0.1, -0.05) is 12.1 Å². The molecule has 3 rings (SSSR count). The fourth-order valence-electron chi connectivity index (χ4n) is 3.68. The zero-order valence-electron chi connectivity index (χ0n) is 12.0. The van der Waals surface area contributed by atoms with E-state index in [4.69, 9.17) is 5.73 Å². The first-order chi connectivity index (χ1) is 9.13. The van der Waals surface area contributed by atoms with Gasteiger partial charge in [0.2, 0.25) is 0 Å². The van der Waals surface area contributed by atoms with Gasteiger partial charge in [-0.2, -0.15) is 0 Å². The van der Waals surface area contributed by atoms with Crippen LogP contribution in [0.3, 0.4) is 0 Å². The normalized spacial score (nSPS) is 30.6. The summed E-state index contributed by atoms with van der Waals surface area (Å²) in [5.41, 5.74) is 8.83. The Bertz CT molecular complexity index is 412. The Hall–Kier alpha value is -1.06. The van der Waals surface area contributed by atoms with Crippen LogP contribution in [-0.2, 0) is 6.54 Å². The SMILES string of the molecule is CN(C)c1ccc(CN2C3CCC2CC(N)C3)cc1. The Kier molecular flexibility index (Phi) is 3.50. The number of anilines is 1. The van der Waals surface area contributed by atoms with Gasteiger partial charge in [0.25, 0.3) is 0 Å². The molecule has 1 aromatic carbocycles. The van der Waals surface area contributed by atoms with E-state index < -0.39 is 0 Å². The van der Waals surface area contributed by atoms with Crippen LogP contribution in [-0.4, -0.2) is 37.1 Å². The third-order valence-electron chi connectivity index (χ3n) is 4.74. The minimum Gasteiger partial charge on any atom is -0.378 e. The van der Waals surface area contributed by atoms with E-state index in [1.54, 1.807) is 0 Å². The van der Waals surface area contributed by atoms with E-state index in [2.05, 4.69) is 48.2 Å². The molecule has 0 radical (unpaired) electrons. The van der Waals surface area contributed by atoms with Crippen molar-refractivity contribution in [1.82, 2.24) is 4.90 Å². The summed E-state index contributed by atoms with van der Waals surface area (Å²) in [6.45, 7) is 1.09. The molecule has 2 fully saturated rings. The summed E-state index contributed by atoms with van der Waals surface area (Å²) in [6.07, 6.45) is 5.06. The van der Waals surface area contributed by atoms with E-state index in [0.29, 0.717) is 6.04 Å². The standard InChI is InChI=1S/C16H25N3/c1-18(2)14-5-3-12(4-6-14)11-19-15-7-8-16(19)10-13(17)9-15/h3-6,13,15-16H,7-11,17H2,1-2H3. The topological polar surface area (TPSA) is 32.5 Å². The summed E-state index contributed by atoms with van der Waals surface area (Å²) in [6, 6.07) is 10.8. The van der Waals surface area contributed by atoms with Gasteiger partial charge in [0.1, 0.15) is 0 Å². The van der Waals surface area contributed by atoms with Crippen molar-refractivity contribution in [3.05, 3.63) is 29.8 Å². The van der Waals surface area contributed by atoms with Gasteiger partial charge in [0.15, 0.2) is 0 Å². The van der Waals surface area contributed by atoms with Crippen molar-refractivity contribution in [2.24, 2.45) is 5.73 Å². The summed E-state index contributed by atoms with van der Waals surface area (Å²) in [5, 5.41) is 0. The molecule has 3 nitrogen and oxygen atoms in total. The lowest BCUT2D eigenvalue weighted by molar-refractivity contribution is 0.120. The molecule has 2 unspecified atom stereocenters. The second kappa shape index (κ2) is 5.14. The molecule has 2 N–H and O–H groups in total. The van der Waals surface area contributed by atoms with E-state index >= 15 is 0 Å². The largest absolute Gasteiger partial charge is 0.378 e. The zero-order valence-corrected chi connectivity index (χ0v) is 12.0. The predicted molar refractivity (Wildman–Crippen MR) is 80.3 cm³/mol. The number of hydrogen-bond donors (Lipinski definition) is 1. The Labute approximate surface area is 116 Å². The minimum atomic E-state index is 0.435. The molecular formula is C16H25N3. The number of nitrogens with two attached hydrogens (primary N) is 1. The smallest absolute Gasteiger partial charge is 0.0361 e. The van der Waals surface area contributed by atoms with Crippen LogP contribution in [0.4, 0.5) is 5.69 Å². The number of piperidine rings is 1. The average Bonchev–Trinajstić information content (AvgIpc) is 2.62. The lowest BCUT2D eigenvalue weighted by Gasteiger charge is -2.37. The van der Waals surface area contributed by atoms with Gasteiger partial charge < -0.3 is 10.6 Å². The molecule has 0 aliphatic carbocycles. The maximum absolute atomic E-state index is 6.13. The fourth-order valence-corrected chi connectivity index (χ4v) is 3.68. The first-order valence-electron chi connectivity index (χ1n) is 7.41. The van der Waals surface area contributed by atoms with Gasteiger partial charge in [-0.15, -0.1) is 0 Å². The number of hydrogen-bond acceptors (Lipinski definition) is 3. The van der Waals surface area contributed by atoms with Gasteiger partial charge in [0, 0.05) is 44.5 Å². The second-order valence-electron chi connectivity index (χ2n) is 6.35. The van der Waals surface area contributed by atoms with Crippen LogP contribution in [0.5, 0.6) is 0 Å². The number of nitrogens with zero attached hydrogens (tertiary/aromatic N) is 2. The van der Waals surface area contributed by atoms with E-state index in [1.165, 1.54) is 36.9 Å². The molecule has 2 aliphatic heterocycles. The minimum absolute atomic E-state index is 0.435. The molecule has 2 atom stereocenters. The first-order valence-corrected chi connectivity index (χ1v) is 7.41. The maximum Gasteiger partial charge on any atom is 0.0361 e. The molecular weight excluding hydrogens is 234 g/mol. The van der Waals surface area contributed by atoms with Gasteiger partial charge >= 0.3 is 0 Å². The summed E-state index contributed by atoms with van der Waals surface area (Å²) in [4.78, 5) is 4.83. The molecule has 2 saturated heterocycles. The highest BCUT2D eigenvalue weighted by molar-refractivity contribution is 5.46. The Morgan fingerprint density at radius 2 is 1.68 bits per heavy atom. The molecule has 2 heterocycles. The van der Waals surface area contributed by atoms with Crippen molar-refractivity contribution < 1.29 is 0 Å². The van der Waals surface area contributed by atoms with E-state index in [-0.39, 0.29) is 0 Å². The summed E-state index contributed by atoms with van der Waals surface area (Å²) in [5.74, 6) is 0. The van der Waals surface area contributed by atoms with Crippen molar-refractivity contribution in [2.45, 2.75) is 50.4 Å². The lowest BCUT2D eigenvalue weighted by Crippen LogP contribution is -2.46. The van der Waals surface area contributed by atoms with Crippen molar-refractivity contribution in [3.8, 4) is 0 Å². The highest BCUT2D eigenvalue weighted by Crippen LogP contribution is 2.36. The van der Waals surface area contributed by atoms with Crippen molar-refractivity contribution in [3.63, 3.8) is 0 Å². The second-order valence-corrected chi connectivity index (χ2v) is 6.35. The molecule has 0 saturated carbocycles. The quantitative estimate of drug-likeness (QED) is 0.903. The third kappa shape index (κ3) is 2.63. The van der Waals surface area contributed by atoms with Crippen LogP contribution < -0.4 is 10.6 Å². The molecule has 0 amide bonds. The van der Waals surface area contributed by atoms with Crippen molar-refractivity contribution in [1.29, 1.82) is 0 Å². The zero-order chi connectivity index (χ0) is 13.4. The average molecular weight is 259 g/mol. The van der Waals surface area contributed by atoms with Gasteiger partial charge in [-0.25, -0.2) is 0 Å². The highest BCUT2D eigenvalue weighted by atomic mass is 15.2. The monoisotopic (exact) mass is 259 g/mol.